The molecular formula is C10H10NO3-. The molecule has 1 aromatic rings. The predicted octanol–water partition coefficient (Wildman–Crippen LogP) is -0.906. The molecule has 0 aromatic heterocycles. The fraction of sp³-hybridized carbons (Fsp3) is 0.200. The number of benzene rings is 1. The number of rotatable bonds is 5. The zero-order valence-corrected chi connectivity index (χ0v) is 7.47. The van der Waals surface area contributed by atoms with Gasteiger partial charge in [0.05, 0.1) is 12.0 Å². The predicted molar refractivity (Wildman–Crippen MR) is 48.1 cm³/mol. The van der Waals surface area contributed by atoms with Crippen LogP contribution < -0.4 is 10.4 Å². The van der Waals surface area contributed by atoms with Crippen molar-refractivity contribution < 1.29 is 14.7 Å². The minimum atomic E-state index is -1.28. The molecule has 4 nitrogen and oxygen atoms in total. The highest BCUT2D eigenvalue weighted by Gasteiger charge is 2.08. The Bertz CT molecular complexity index is 310. The molecule has 0 aliphatic rings. The molecule has 0 heterocycles. The van der Waals surface area contributed by atoms with Gasteiger partial charge in [-0.05, 0) is 12.0 Å². The van der Waals surface area contributed by atoms with E-state index >= 15 is 0 Å². The number of hydrogen-bond acceptors (Lipinski definition) is 3. The summed E-state index contributed by atoms with van der Waals surface area (Å²) >= 11 is 0. The molecule has 1 atom stereocenters. The van der Waals surface area contributed by atoms with Gasteiger partial charge < -0.3 is 15.2 Å². The Kier molecular flexibility index (Phi) is 3.67. The van der Waals surface area contributed by atoms with Crippen LogP contribution in [0.4, 0.5) is 0 Å². The van der Waals surface area contributed by atoms with E-state index in [1.807, 2.05) is 18.2 Å². The van der Waals surface area contributed by atoms with Crippen molar-refractivity contribution in [2.24, 2.45) is 0 Å². The molecule has 1 N–H and O–H groups in total. The third-order valence-electron chi connectivity index (χ3n) is 1.84. The highest BCUT2D eigenvalue weighted by molar-refractivity contribution is 5.74. The molecule has 1 aromatic carbocycles. The van der Waals surface area contributed by atoms with Crippen LogP contribution in [-0.4, -0.2) is 18.4 Å². The summed E-state index contributed by atoms with van der Waals surface area (Å²) in [5, 5.41) is 12.7. The minimum absolute atomic E-state index is 0.238. The molecule has 0 aliphatic carbocycles. The highest BCUT2D eigenvalue weighted by atomic mass is 16.4. The molecule has 74 valence electrons. The van der Waals surface area contributed by atoms with Gasteiger partial charge in [0.1, 0.15) is 0 Å². The largest absolute Gasteiger partial charge is 0.548 e. The quantitative estimate of drug-likeness (QED) is 0.614. The summed E-state index contributed by atoms with van der Waals surface area (Å²) in [7, 11) is 0. The van der Waals surface area contributed by atoms with Gasteiger partial charge in [-0.2, -0.15) is 0 Å². The van der Waals surface area contributed by atoms with E-state index in [1.165, 1.54) is 0 Å². The SMILES string of the molecule is O=CN[C@@H](Cc1ccccc1)C(=O)[O-]. The Morgan fingerprint density at radius 3 is 2.57 bits per heavy atom. The van der Waals surface area contributed by atoms with E-state index in [-0.39, 0.29) is 6.42 Å². The summed E-state index contributed by atoms with van der Waals surface area (Å²) in [6.45, 7) is 0. The highest BCUT2D eigenvalue weighted by Crippen LogP contribution is 2.02. The number of carboxylic acid groups (broad SMARTS) is 1. The molecule has 1 amide bonds. The van der Waals surface area contributed by atoms with Crippen molar-refractivity contribution in [3.8, 4) is 0 Å². The van der Waals surface area contributed by atoms with Crippen LogP contribution in [0.25, 0.3) is 0 Å². The maximum Gasteiger partial charge on any atom is 0.207 e. The second-order valence-electron chi connectivity index (χ2n) is 2.85. The summed E-state index contributed by atoms with van der Waals surface area (Å²) in [5.74, 6) is -1.28. The number of hydrogen-bond donors (Lipinski definition) is 1. The Labute approximate surface area is 81.6 Å². The fourth-order valence-corrected chi connectivity index (χ4v) is 1.14. The summed E-state index contributed by atoms with van der Waals surface area (Å²) < 4.78 is 0. The standard InChI is InChI=1S/C10H11NO3/c12-7-11-9(10(13)14)6-8-4-2-1-3-5-8/h1-5,7,9H,6H2,(H,11,12)(H,13,14)/p-1/t9-/m0/s1. The van der Waals surface area contributed by atoms with Crippen molar-refractivity contribution in [1.82, 2.24) is 5.32 Å². The Balaban J connectivity index is 2.64. The monoisotopic (exact) mass is 192 g/mol. The van der Waals surface area contributed by atoms with Crippen molar-refractivity contribution in [2.75, 3.05) is 0 Å². The zero-order chi connectivity index (χ0) is 10.4. The van der Waals surface area contributed by atoms with Gasteiger partial charge in [-0.25, -0.2) is 0 Å². The van der Waals surface area contributed by atoms with Crippen LogP contribution in [0.15, 0.2) is 30.3 Å². The second kappa shape index (κ2) is 5.01. The molecule has 0 saturated heterocycles. The topological polar surface area (TPSA) is 69.2 Å². The lowest BCUT2D eigenvalue weighted by Gasteiger charge is -2.16. The summed E-state index contributed by atoms with van der Waals surface area (Å²) in [6, 6.07) is 8.08. The Hall–Kier alpha value is -1.84. The van der Waals surface area contributed by atoms with Crippen molar-refractivity contribution >= 4 is 12.4 Å². The first-order chi connectivity index (χ1) is 6.74. The maximum absolute atomic E-state index is 10.6. The van der Waals surface area contributed by atoms with E-state index in [1.54, 1.807) is 12.1 Å². The lowest BCUT2D eigenvalue weighted by atomic mass is 10.1. The fourth-order valence-electron chi connectivity index (χ4n) is 1.14. The van der Waals surface area contributed by atoms with Gasteiger partial charge in [0.25, 0.3) is 0 Å². The normalized spacial score (nSPS) is 11.7. The minimum Gasteiger partial charge on any atom is -0.548 e. The third kappa shape index (κ3) is 2.90. The number of nitrogens with one attached hydrogen (secondary N) is 1. The molecule has 0 bridgehead atoms. The summed E-state index contributed by atoms with van der Waals surface area (Å²) in [4.78, 5) is 20.7. The van der Waals surface area contributed by atoms with Gasteiger partial charge in [-0.1, -0.05) is 30.3 Å². The van der Waals surface area contributed by atoms with E-state index in [0.717, 1.165) is 5.56 Å². The average Bonchev–Trinajstić information content (AvgIpc) is 2.18. The van der Waals surface area contributed by atoms with Gasteiger partial charge in [0.15, 0.2) is 0 Å². The molecule has 0 saturated carbocycles. The van der Waals surface area contributed by atoms with Gasteiger partial charge >= 0.3 is 0 Å². The molecule has 0 spiro atoms. The van der Waals surface area contributed by atoms with E-state index < -0.39 is 12.0 Å². The van der Waals surface area contributed by atoms with Crippen LogP contribution in [0, 0.1) is 0 Å². The molecule has 0 aliphatic heterocycles. The maximum atomic E-state index is 10.6. The molecule has 4 heteroatoms. The molecule has 0 radical (unpaired) electrons. The molecule has 1 rings (SSSR count). The van der Waals surface area contributed by atoms with Crippen LogP contribution >= 0.6 is 0 Å². The van der Waals surface area contributed by atoms with Gasteiger partial charge in [-0.15, -0.1) is 0 Å². The van der Waals surface area contributed by atoms with Crippen LogP contribution in [0.3, 0.4) is 0 Å². The average molecular weight is 192 g/mol. The lowest BCUT2D eigenvalue weighted by molar-refractivity contribution is -0.308. The van der Waals surface area contributed by atoms with Crippen LogP contribution in [0.5, 0.6) is 0 Å². The Morgan fingerprint density at radius 2 is 2.07 bits per heavy atom. The van der Waals surface area contributed by atoms with Gasteiger partial charge in [0.2, 0.25) is 6.41 Å². The first-order valence-electron chi connectivity index (χ1n) is 4.18. The zero-order valence-electron chi connectivity index (χ0n) is 7.47. The van der Waals surface area contributed by atoms with Crippen LogP contribution in [-0.2, 0) is 16.0 Å². The Morgan fingerprint density at radius 1 is 1.43 bits per heavy atom. The van der Waals surface area contributed by atoms with E-state index in [4.69, 9.17) is 0 Å². The summed E-state index contributed by atoms with van der Waals surface area (Å²) in [5.41, 5.74) is 0.844. The molecule has 0 unspecified atom stereocenters. The van der Waals surface area contributed by atoms with Gasteiger partial charge in [0, 0.05) is 0 Å². The first-order valence-corrected chi connectivity index (χ1v) is 4.18. The number of carbonyl (C=O) groups excluding carboxylic acids is 2. The number of carbonyl (C=O) groups is 2. The lowest BCUT2D eigenvalue weighted by Crippen LogP contribution is -2.46. The smallest absolute Gasteiger partial charge is 0.207 e. The molecule has 0 fully saturated rings. The van der Waals surface area contributed by atoms with Crippen molar-refractivity contribution in [2.45, 2.75) is 12.5 Å². The third-order valence-corrected chi connectivity index (χ3v) is 1.84. The van der Waals surface area contributed by atoms with Gasteiger partial charge in [-0.3, -0.25) is 4.79 Å². The summed E-state index contributed by atoms with van der Waals surface area (Å²) in [6.07, 6.45) is 0.603. The van der Waals surface area contributed by atoms with E-state index in [2.05, 4.69) is 5.32 Å². The van der Waals surface area contributed by atoms with E-state index in [9.17, 15) is 14.7 Å². The van der Waals surface area contributed by atoms with Crippen LogP contribution in [0.2, 0.25) is 0 Å². The number of aliphatic carboxylic acids is 1. The van der Waals surface area contributed by atoms with Crippen molar-refractivity contribution in [3.63, 3.8) is 0 Å². The first kappa shape index (κ1) is 10.2. The number of carboxylic acids is 1. The van der Waals surface area contributed by atoms with Crippen molar-refractivity contribution in [3.05, 3.63) is 35.9 Å². The molecule has 14 heavy (non-hydrogen) atoms. The molecular weight excluding hydrogens is 182 g/mol. The van der Waals surface area contributed by atoms with Crippen LogP contribution in [0.1, 0.15) is 5.56 Å². The van der Waals surface area contributed by atoms with Crippen molar-refractivity contribution in [1.29, 1.82) is 0 Å². The number of amides is 1. The second-order valence-corrected chi connectivity index (χ2v) is 2.85. The van der Waals surface area contributed by atoms with E-state index in [0.29, 0.717) is 6.41 Å².